The van der Waals surface area contributed by atoms with Crippen molar-refractivity contribution in [3.05, 3.63) is 29.6 Å². The molecule has 0 saturated heterocycles. The molecule has 0 aliphatic carbocycles. The second-order valence-corrected chi connectivity index (χ2v) is 2.83. The van der Waals surface area contributed by atoms with Crippen LogP contribution in [0.5, 0.6) is 0 Å². The van der Waals surface area contributed by atoms with Crippen LogP contribution in [0.15, 0.2) is 23.2 Å². The van der Waals surface area contributed by atoms with Crippen molar-refractivity contribution in [3.8, 4) is 0 Å². The van der Waals surface area contributed by atoms with Gasteiger partial charge in [-0.2, -0.15) is 0 Å². The Labute approximate surface area is 70.1 Å². The lowest BCUT2D eigenvalue weighted by Crippen LogP contribution is -2.17. The molecule has 0 saturated carbocycles. The molecule has 0 fully saturated rings. The summed E-state index contributed by atoms with van der Waals surface area (Å²) in [4.78, 5) is 4.14. The molecule has 1 aromatic rings. The van der Waals surface area contributed by atoms with Gasteiger partial charge in [-0.1, -0.05) is 0 Å². The molecule has 3 heteroatoms. The normalized spacial score (nSPS) is 20.0. The van der Waals surface area contributed by atoms with Crippen molar-refractivity contribution in [3.63, 3.8) is 0 Å². The van der Waals surface area contributed by atoms with Gasteiger partial charge in [-0.05, 0) is 25.1 Å². The third-order valence-corrected chi connectivity index (χ3v) is 1.82. The van der Waals surface area contributed by atoms with Crippen molar-refractivity contribution in [2.75, 3.05) is 5.32 Å². The predicted molar refractivity (Wildman–Crippen MR) is 47.1 cm³/mol. The summed E-state index contributed by atoms with van der Waals surface area (Å²) in [6.45, 7) is 1.92. The summed E-state index contributed by atoms with van der Waals surface area (Å²) in [7, 11) is 0. The van der Waals surface area contributed by atoms with Crippen LogP contribution in [-0.2, 0) is 0 Å². The Morgan fingerprint density at radius 2 is 2.33 bits per heavy atom. The van der Waals surface area contributed by atoms with Crippen molar-refractivity contribution in [2.45, 2.75) is 13.1 Å². The van der Waals surface area contributed by atoms with Gasteiger partial charge in [0.1, 0.15) is 12.0 Å². The summed E-state index contributed by atoms with van der Waals surface area (Å²) < 4.78 is 12.7. The number of nitrogens with zero attached hydrogens (tertiary/aromatic N) is 1. The van der Waals surface area contributed by atoms with E-state index in [4.69, 9.17) is 0 Å². The lowest BCUT2D eigenvalue weighted by molar-refractivity contribution is 0.627. The highest BCUT2D eigenvalue weighted by Gasteiger charge is 2.09. The molecule has 0 aromatic heterocycles. The molecule has 0 radical (unpaired) electrons. The van der Waals surface area contributed by atoms with E-state index < -0.39 is 0 Å². The summed E-state index contributed by atoms with van der Waals surface area (Å²) in [5.41, 5.74) is 1.76. The van der Waals surface area contributed by atoms with Crippen molar-refractivity contribution in [2.24, 2.45) is 4.99 Å². The second kappa shape index (κ2) is 2.59. The molecule has 1 N–H and O–H groups in total. The summed E-state index contributed by atoms with van der Waals surface area (Å²) in [6.07, 6.45) is 1.80. The van der Waals surface area contributed by atoms with Crippen molar-refractivity contribution in [1.29, 1.82) is 0 Å². The van der Waals surface area contributed by atoms with Crippen LogP contribution in [0.4, 0.5) is 10.1 Å². The van der Waals surface area contributed by atoms with Crippen LogP contribution < -0.4 is 5.32 Å². The molecule has 1 aliphatic heterocycles. The second-order valence-electron chi connectivity index (χ2n) is 2.83. The maximum Gasteiger partial charge on any atom is 0.125 e. The van der Waals surface area contributed by atoms with Crippen LogP contribution in [0.3, 0.4) is 0 Å². The van der Waals surface area contributed by atoms with Crippen LogP contribution in [0.1, 0.15) is 12.5 Å². The van der Waals surface area contributed by atoms with Crippen LogP contribution in [0, 0.1) is 5.82 Å². The number of halogens is 1. The van der Waals surface area contributed by atoms with Gasteiger partial charge in [0.15, 0.2) is 0 Å². The fourth-order valence-corrected chi connectivity index (χ4v) is 1.22. The highest BCUT2D eigenvalue weighted by Crippen LogP contribution is 2.19. The van der Waals surface area contributed by atoms with Gasteiger partial charge >= 0.3 is 0 Å². The largest absolute Gasteiger partial charge is 0.363 e. The Bertz CT molecular complexity index is 333. The Hall–Kier alpha value is -1.38. The number of benzene rings is 1. The minimum Gasteiger partial charge on any atom is -0.363 e. The fourth-order valence-electron chi connectivity index (χ4n) is 1.22. The number of fused-ring (bicyclic) bond motifs is 1. The van der Waals surface area contributed by atoms with E-state index in [0.717, 1.165) is 11.3 Å². The standard InChI is InChI=1S/C9H9FN2/c1-6-11-5-7-2-3-8(10)4-9(7)12-6/h2-6,12H,1H3. The molecule has 0 spiro atoms. The Morgan fingerprint density at radius 3 is 3.17 bits per heavy atom. The molecule has 0 bridgehead atoms. The average Bonchev–Trinajstić information content (AvgIpc) is 2.03. The molecule has 1 atom stereocenters. The maximum atomic E-state index is 12.7. The van der Waals surface area contributed by atoms with E-state index in [0.29, 0.717) is 0 Å². The van der Waals surface area contributed by atoms with Gasteiger partial charge in [-0.3, -0.25) is 4.99 Å². The van der Waals surface area contributed by atoms with Crippen LogP contribution in [0.25, 0.3) is 0 Å². The quantitative estimate of drug-likeness (QED) is 0.623. The SMILES string of the molecule is CC1N=Cc2ccc(F)cc2N1. The number of hydrogen-bond donors (Lipinski definition) is 1. The summed E-state index contributed by atoms with van der Waals surface area (Å²) >= 11 is 0. The van der Waals surface area contributed by atoms with E-state index >= 15 is 0 Å². The number of anilines is 1. The van der Waals surface area contributed by atoms with Crippen molar-refractivity contribution in [1.82, 2.24) is 0 Å². The van der Waals surface area contributed by atoms with Gasteiger partial charge in [0, 0.05) is 17.5 Å². The number of hydrogen-bond acceptors (Lipinski definition) is 2. The molecule has 2 rings (SSSR count). The first-order valence-electron chi connectivity index (χ1n) is 3.85. The predicted octanol–water partition coefficient (Wildman–Crippen LogP) is 2.02. The number of aliphatic imine (C=N–C) groups is 1. The van der Waals surface area contributed by atoms with E-state index in [2.05, 4.69) is 10.3 Å². The van der Waals surface area contributed by atoms with E-state index in [9.17, 15) is 4.39 Å². The van der Waals surface area contributed by atoms with Crippen molar-refractivity contribution >= 4 is 11.9 Å². The Morgan fingerprint density at radius 1 is 1.50 bits per heavy atom. The average molecular weight is 164 g/mol. The molecule has 1 aromatic carbocycles. The summed E-state index contributed by atoms with van der Waals surface area (Å²) in [5.74, 6) is -0.219. The summed E-state index contributed by atoms with van der Waals surface area (Å²) in [5, 5.41) is 3.06. The van der Waals surface area contributed by atoms with Gasteiger partial charge in [0.2, 0.25) is 0 Å². The first-order valence-corrected chi connectivity index (χ1v) is 3.85. The molecule has 1 aliphatic rings. The monoisotopic (exact) mass is 164 g/mol. The smallest absolute Gasteiger partial charge is 0.125 e. The Balaban J connectivity index is 2.47. The van der Waals surface area contributed by atoms with Gasteiger partial charge in [-0.15, -0.1) is 0 Å². The minimum atomic E-state index is -0.219. The van der Waals surface area contributed by atoms with E-state index in [1.165, 1.54) is 12.1 Å². The van der Waals surface area contributed by atoms with Crippen LogP contribution in [-0.4, -0.2) is 12.4 Å². The van der Waals surface area contributed by atoms with Gasteiger partial charge in [0.25, 0.3) is 0 Å². The molecular weight excluding hydrogens is 155 g/mol. The number of rotatable bonds is 0. The van der Waals surface area contributed by atoms with E-state index in [1.807, 2.05) is 6.92 Å². The van der Waals surface area contributed by atoms with Crippen molar-refractivity contribution < 1.29 is 4.39 Å². The van der Waals surface area contributed by atoms with E-state index in [-0.39, 0.29) is 12.0 Å². The summed E-state index contributed by atoms with van der Waals surface area (Å²) in [6, 6.07) is 4.63. The zero-order valence-electron chi connectivity index (χ0n) is 6.71. The molecule has 0 amide bonds. The van der Waals surface area contributed by atoms with Gasteiger partial charge in [-0.25, -0.2) is 4.39 Å². The molecular formula is C9H9FN2. The molecule has 1 unspecified atom stereocenters. The molecule has 2 nitrogen and oxygen atoms in total. The third kappa shape index (κ3) is 1.18. The number of nitrogens with one attached hydrogen (secondary N) is 1. The van der Waals surface area contributed by atoms with Gasteiger partial charge in [0.05, 0.1) is 0 Å². The maximum absolute atomic E-state index is 12.7. The third-order valence-electron chi connectivity index (χ3n) is 1.82. The molecule has 1 heterocycles. The molecule has 62 valence electrons. The highest BCUT2D eigenvalue weighted by molar-refractivity contribution is 5.89. The first kappa shape index (κ1) is 7.28. The fraction of sp³-hybridized carbons (Fsp3) is 0.222. The topological polar surface area (TPSA) is 24.4 Å². The van der Waals surface area contributed by atoms with E-state index in [1.54, 1.807) is 12.3 Å². The highest BCUT2D eigenvalue weighted by atomic mass is 19.1. The lowest BCUT2D eigenvalue weighted by atomic mass is 10.1. The van der Waals surface area contributed by atoms with Crippen LogP contribution in [0.2, 0.25) is 0 Å². The first-order chi connectivity index (χ1) is 5.75. The molecule has 12 heavy (non-hydrogen) atoms. The van der Waals surface area contributed by atoms with Crippen LogP contribution >= 0.6 is 0 Å². The zero-order chi connectivity index (χ0) is 8.55. The Kier molecular flexibility index (Phi) is 1.57. The van der Waals surface area contributed by atoms with Gasteiger partial charge < -0.3 is 5.32 Å². The minimum absolute atomic E-state index is 0.0410. The lowest BCUT2D eigenvalue weighted by Gasteiger charge is -2.17. The zero-order valence-corrected chi connectivity index (χ0v) is 6.71.